The van der Waals surface area contributed by atoms with Crippen molar-refractivity contribution in [1.82, 2.24) is 0 Å². The van der Waals surface area contributed by atoms with E-state index in [1.165, 1.54) is 0 Å². The van der Waals surface area contributed by atoms with E-state index < -0.39 is 17.9 Å². The van der Waals surface area contributed by atoms with E-state index >= 15 is 0 Å². The summed E-state index contributed by atoms with van der Waals surface area (Å²) in [6.07, 6.45) is 6.52. The third-order valence-electron chi connectivity index (χ3n) is 1.86. The second kappa shape index (κ2) is 7.12. The van der Waals surface area contributed by atoms with Crippen molar-refractivity contribution < 1.29 is 19.8 Å². The van der Waals surface area contributed by atoms with Crippen LogP contribution in [0.15, 0.2) is 12.2 Å². The summed E-state index contributed by atoms with van der Waals surface area (Å²) in [7, 11) is 0. The average Bonchev–Trinajstić information content (AvgIpc) is 2.09. The maximum absolute atomic E-state index is 10.4. The minimum atomic E-state index is -1.31. The highest BCUT2D eigenvalue weighted by Crippen LogP contribution is 2.06. The molecule has 0 spiro atoms. The predicted octanol–water partition coefficient (Wildman–Crippen LogP) is 1.91. The summed E-state index contributed by atoms with van der Waals surface area (Å²) < 4.78 is 0. The highest BCUT2D eigenvalue weighted by Gasteiger charge is 2.23. The SMILES string of the molecule is CCCC/C=C\CC(C(=O)O)C(=O)O. The van der Waals surface area contributed by atoms with Crippen LogP contribution in [-0.2, 0) is 9.59 Å². The minimum Gasteiger partial charge on any atom is -0.481 e. The maximum Gasteiger partial charge on any atom is 0.318 e. The lowest BCUT2D eigenvalue weighted by Gasteiger charge is -2.02. The molecule has 0 aromatic rings. The summed E-state index contributed by atoms with van der Waals surface area (Å²) in [6, 6.07) is 0. The van der Waals surface area contributed by atoms with Gasteiger partial charge in [-0.3, -0.25) is 9.59 Å². The van der Waals surface area contributed by atoms with E-state index in [-0.39, 0.29) is 6.42 Å². The van der Waals surface area contributed by atoms with Crippen molar-refractivity contribution >= 4 is 11.9 Å². The second-order valence-electron chi connectivity index (χ2n) is 3.08. The quantitative estimate of drug-likeness (QED) is 0.374. The van der Waals surface area contributed by atoms with Crippen LogP contribution in [-0.4, -0.2) is 22.2 Å². The Labute approximate surface area is 83.2 Å². The Morgan fingerprint density at radius 2 is 1.79 bits per heavy atom. The van der Waals surface area contributed by atoms with Crippen molar-refractivity contribution in [3.05, 3.63) is 12.2 Å². The molecule has 0 heterocycles. The third-order valence-corrected chi connectivity index (χ3v) is 1.86. The lowest BCUT2D eigenvalue weighted by molar-refractivity contribution is -0.154. The second-order valence-corrected chi connectivity index (χ2v) is 3.08. The van der Waals surface area contributed by atoms with Gasteiger partial charge in [-0.15, -0.1) is 0 Å². The Balaban J connectivity index is 3.88. The van der Waals surface area contributed by atoms with Gasteiger partial charge in [-0.25, -0.2) is 0 Å². The third kappa shape index (κ3) is 5.35. The number of carboxylic acid groups (broad SMARTS) is 2. The number of hydrogen-bond acceptors (Lipinski definition) is 2. The van der Waals surface area contributed by atoms with E-state index in [1.54, 1.807) is 6.08 Å². The molecule has 80 valence electrons. The molecule has 4 nitrogen and oxygen atoms in total. The highest BCUT2D eigenvalue weighted by atomic mass is 16.4. The molecule has 0 aromatic heterocycles. The van der Waals surface area contributed by atoms with Crippen molar-refractivity contribution in [3.63, 3.8) is 0 Å². The van der Waals surface area contributed by atoms with Crippen LogP contribution < -0.4 is 0 Å². The molecule has 0 aliphatic rings. The summed E-state index contributed by atoms with van der Waals surface area (Å²) >= 11 is 0. The van der Waals surface area contributed by atoms with Gasteiger partial charge in [0, 0.05) is 0 Å². The zero-order chi connectivity index (χ0) is 11.0. The van der Waals surface area contributed by atoms with Crippen LogP contribution in [0.4, 0.5) is 0 Å². The Bertz CT molecular complexity index is 206. The minimum absolute atomic E-state index is 0.0639. The number of rotatable bonds is 7. The molecule has 0 amide bonds. The summed E-state index contributed by atoms with van der Waals surface area (Å²) in [5.74, 6) is -3.87. The van der Waals surface area contributed by atoms with Gasteiger partial charge in [-0.1, -0.05) is 31.9 Å². The molecular weight excluding hydrogens is 184 g/mol. The van der Waals surface area contributed by atoms with E-state index in [4.69, 9.17) is 10.2 Å². The fraction of sp³-hybridized carbons (Fsp3) is 0.600. The first-order valence-corrected chi connectivity index (χ1v) is 4.70. The first kappa shape index (κ1) is 12.7. The molecule has 0 fully saturated rings. The summed E-state index contributed by atoms with van der Waals surface area (Å²) in [6.45, 7) is 2.06. The maximum atomic E-state index is 10.4. The lowest BCUT2D eigenvalue weighted by Crippen LogP contribution is -2.22. The Hall–Kier alpha value is -1.32. The first-order chi connectivity index (χ1) is 6.59. The van der Waals surface area contributed by atoms with Crippen molar-refractivity contribution in [2.24, 2.45) is 5.92 Å². The molecule has 0 bridgehead atoms. The lowest BCUT2D eigenvalue weighted by atomic mass is 10.1. The van der Waals surface area contributed by atoms with Gasteiger partial charge in [-0.2, -0.15) is 0 Å². The van der Waals surface area contributed by atoms with Crippen LogP contribution >= 0.6 is 0 Å². The van der Waals surface area contributed by atoms with Gasteiger partial charge in [0.2, 0.25) is 0 Å². The Morgan fingerprint density at radius 3 is 2.21 bits per heavy atom. The van der Waals surface area contributed by atoms with E-state index in [0.717, 1.165) is 19.3 Å². The fourth-order valence-corrected chi connectivity index (χ4v) is 0.979. The predicted molar refractivity (Wildman–Crippen MR) is 52.0 cm³/mol. The summed E-state index contributed by atoms with van der Waals surface area (Å²) in [4.78, 5) is 20.9. The molecule has 0 aliphatic carbocycles. The van der Waals surface area contributed by atoms with E-state index in [2.05, 4.69) is 6.92 Å². The zero-order valence-electron chi connectivity index (χ0n) is 8.27. The zero-order valence-corrected chi connectivity index (χ0v) is 8.27. The van der Waals surface area contributed by atoms with Gasteiger partial charge in [-0.05, 0) is 12.8 Å². The molecule has 0 aromatic carbocycles. The number of aliphatic carboxylic acids is 2. The molecule has 0 atom stereocenters. The summed E-state index contributed by atoms with van der Waals surface area (Å²) in [5.41, 5.74) is 0. The van der Waals surface area contributed by atoms with Crippen molar-refractivity contribution in [3.8, 4) is 0 Å². The molecule has 0 saturated heterocycles. The van der Waals surface area contributed by atoms with Gasteiger partial charge in [0.1, 0.15) is 0 Å². The van der Waals surface area contributed by atoms with Crippen molar-refractivity contribution in [2.45, 2.75) is 32.6 Å². The van der Waals surface area contributed by atoms with Crippen LogP contribution in [0.25, 0.3) is 0 Å². The summed E-state index contributed by atoms with van der Waals surface area (Å²) in [5, 5.41) is 17.1. The first-order valence-electron chi connectivity index (χ1n) is 4.70. The molecule has 0 aliphatic heterocycles. The number of carboxylic acids is 2. The van der Waals surface area contributed by atoms with Gasteiger partial charge in [0.25, 0.3) is 0 Å². The number of hydrogen-bond donors (Lipinski definition) is 2. The molecule has 0 rings (SSSR count). The fourth-order valence-electron chi connectivity index (χ4n) is 0.979. The smallest absolute Gasteiger partial charge is 0.318 e. The molecule has 2 N–H and O–H groups in total. The molecular formula is C10H16O4. The normalized spacial score (nSPS) is 11.0. The van der Waals surface area contributed by atoms with Crippen LogP contribution in [0.5, 0.6) is 0 Å². The van der Waals surface area contributed by atoms with Gasteiger partial charge in [0.05, 0.1) is 0 Å². The topological polar surface area (TPSA) is 74.6 Å². The van der Waals surface area contributed by atoms with Crippen LogP contribution in [0.2, 0.25) is 0 Å². The number of allylic oxidation sites excluding steroid dienone is 2. The van der Waals surface area contributed by atoms with E-state index in [0.29, 0.717) is 0 Å². The Morgan fingerprint density at radius 1 is 1.21 bits per heavy atom. The van der Waals surface area contributed by atoms with E-state index in [9.17, 15) is 9.59 Å². The van der Waals surface area contributed by atoms with Gasteiger partial charge < -0.3 is 10.2 Å². The van der Waals surface area contributed by atoms with Crippen molar-refractivity contribution in [1.29, 1.82) is 0 Å². The molecule has 0 unspecified atom stereocenters. The largest absolute Gasteiger partial charge is 0.481 e. The van der Waals surface area contributed by atoms with E-state index in [1.807, 2.05) is 6.08 Å². The van der Waals surface area contributed by atoms with Crippen LogP contribution in [0, 0.1) is 5.92 Å². The molecule has 14 heavy (non-hydrogen) atoms. The molecule has 0 radical (unpaired) electrons. The Kier molecular flexibility index (Phi) is 6.45. The van der Waals surface area contributed by atoms with Crippen LogP contribution in [0.1, 0.15) is 32.6 Å². The standard InChI is InChI=1S/C10H16O4/c1-2-3-4-5-6-7-8(9(11)12)10(13)14/h5-6,8H,2-4,7H2,1H3,(H,11,12)(H,13,14)/b6-5-. The van der Waals surface area contributed by atoms with Gasteiger partial charge >= 0.3 is 11.9 Å². The molecule has 4 heteroatoms. The monoisotopic (exact) mass is 200 g/mol. The number of unbranched alkanes of at least 4 members (excludes halogenated alkanes) is 2. The highest BCUT2D eigenvalue weighted by molar-refractivity contribution is 5.92. The number of carbonyl (C=O) groups is 2. The molecule has 0 saturated carbocycles. The van der Waals surface area contributed by atoms with Crippen molar-refractivity contribution in [2.75, 3.05) is 0 Å². The average molecular weight is 200 g/mol. The van der Waals surface area contributed by atoms with Crippen LogP contribution in [0.3, 0.4) is 0 Å². The van der Waals surface area contributed by atoms with Gasteiger partial charge in [0.15, 0.2) is 5.92 Å².